The lowest BCUT2D eigenvalue weighted by atomic mass is 10.0. The molecule has 22 heavy (non-hydrogen) atoms. The third kappa shape index (κ3) is 3.11. The zero-order valence-electron chi connectivity index (χ0n) is 12.6. The van der Waals surface area contributed by atoms with E-state index in [0.29, 0.717) is 6.04 Å². The fraction of sp³-hybridized carbons (Fsp3) is 0.562. The first kappa shape index (κ1) is 17.5. The second-order valence-electron chi connectivity index (χ2n) is 6.17. The number of hydrogen-bond donors (Lipinski definition) is 1. The van der Waals surface area contributed by atoms with Crippen molar-refractivity contribution < 1.29 is 4.79 Å². The van der Waals surface area contributed by atoms with Crippen LogP contribution in [0.3, 0.4) is 0 Å². The lowest BCUT2D eigenvalue weighted by Crippen LogP contribution is -2.52. The number of piperazine rings is 1. The summed E-state index contributed by atoms with van der Waals surface area (Å²) in [6.07, 6.45) is 2.54. The van der Waals surface area contributed by atoms with Crippen LogP contribution in [0.1, 0.15) is 34.3 Å². The highest BCUT2D eigenvalue weighted by molar-refractivity contribution is 5.94. The second kappa shape index (κ2) is 7.18. The van der Waals surface area contributed by atoms with Gasteiger partial charge >= 0.3 is 0 Å². The van der Waals surface area contributed by atoms with Crippen molar-refractivity contribution >= 4 is 30.7 Å². The second-order valence-corrected chi connectivity index (χ2v) is 6.17. The minimum Gasteiger partial charge on any atom is -0.336 e. The van der Waals surface area contributed by atoms with E-state index in [1.807, 2.05) is 6.07 Å². The molecule has 1 N–H and O–H groups in total. The molecule has 0 saturated carbocycles. The first-order valence-electron chi connectivity index (χ1n) is 7.67. The van der Waals surface area contributed by atoms with Gasteiger partial charge in [-0.25, -0.2) is 0 Å². The summed E-state index contributed by atoms with van der Waals surface area (Å²) in [5, 5.41) is 3.33. The van der Waals surface area contributed by atoms with E-state index in [0.717, 1.165) is 38.3 Å². The maximum atomic E-state index is 12.7. The fourth-order valence-electron chi connectivity index (χ4n) is 3.79. The van der Waals surface area contributed by atoms with Gasteiger partial charge in [0.1, 0.15) is 0 Å². The third-order valence-corrected chi connectivity index (χ3v) is 4.96. The van der Waals surface area contributed by atoms with Crippen LogP contribution in [0.2, 0.25) is 0 Å². The molecule has 3 heterocycles. The van der Waals surface area contributed by atoms with E-state index in [1.165, 1.54) is 30.5 Å². The van der Waals surface area contributed by atoms with Crippen LogP contribution in [0.4, 0.5) is 0 Å². The van der Waals surface area contributed by atoms with Gasteiger partial charge in [-0.05, 0) is 42.6 Å². The van der Waals surface area contributed by atoms with Crippen molar-refractivity contribution in [2.45, 2.75) is 32.0 Å². The summed E-state index contributed by atoms with van der Waals surface area (Å²) < 4.78 is 0. The molecule has 1 atom stereocenters. The minimum atomic E-state index is 0. The SMILES string of the molecule is Cl.Cl.O=C(c1ccc2c(c1)CNC2)N1CCN2CCCC2C1. The number of fused-ring (bicyclic) bond motifs is 2. The van der Waals surface area contributed by atoms with Crippen molar-refractivity contribution in [1.29, 1.82) is 0 Å². The van der Waals surface area contributed by atoms with Crippen LogP contribution in [0, 0.1) is 0 Å². The molecule has 122 valence electrons. The van der Waals surface area contributed by atoms with E-state index in [1.54, 1.807) is 0 Å². The molecule has 1 unspecified atom stereocenters. The number of halogens is 2. The van der Waals surface area contributed by atoms with Gasteiger partial charge in [0.05, 0.1) is 0 Å². The Morgan fingerprint density at radius 2 is 1.91 bits per heavy atom. The topological polar surface area (TPSA) is 35.6 Å². The summed E-state index contributed by atoms with van der Waals surface area (Å²) in [7, 11) is 0. The molecule has 4 rings (SSSR count). The number of carbonyl (C=O) groups is 1. The number of benzene rings is 1. The summed E-state index contributed by atoms with van der Waals surface area (Å²) in [5.41, 5.74) is 3.48. The monoisotopic (exact) mass is 343 g/mol. The highest BCUT2D eigenvalue weighted by Crippen LogP contribution is 2.23. The van der Waals surface area contributed by atoms with Crippen molar-refractivity contribution in [3.63, 3.8) is 0 Å². The first-order valence-corrected chi connectivity index (χ1v) is 7.67. The number of carbonyl (C=O) groups excluding carboxylic acids is 1. The Bertz CT molecular complexity index is 552. The molecule has 0 bridgehead atoms. The van der Waals surface area contributed by atoms with E-state index in [9.17, 15) is 4.79 Å². The van der Waals surface area contributed by atoms with Crippen LogP contribution in [0.15, 0.2) is 18.2 Å². The van der Waals surface area contributed by atoms with Crippen molar-refractivity contribution in [2.24, 2.45) is 0 Å². The van der Waals surface area contributed by atoms with Crippen LogP contribution >= 0.6 is 24.8 Å². The summed E-state index contributed by atoms with van der Waals surface area (Å²) in [5.74, 6) is 0.214. The molecule has 1 aromatic carbocycles. The van der Waals surface area contributed by atoms with Gasteiger partial charge in [-0.2, -0.15) is 0 Å². The average Bonchev–Trinajstić information content (AvgIpc) is 3.13. The van der Waals surface area contributed by atoms with Crippen LogP contribution in [0.25, 0.3) is 0 Å². The normalized spacial score (nSPS) is 23.3. The van der Waals surface area contributed by atoms with Gasteiger partial charge < -0.3 is 10.2 Å². The van der Waals surface area contributed by atoms with Crippen LogP contribution < -0.4 is 5.32 Å². The van der Waals surface area contributed by atoms with Gasteiger partial charge in [0, 0.05) is 44.3 Å². The molecule has 2 saturated heterocycles. The molecule has 4 nitrogen and oxygen atoms in total. The molecule has 3 aliphatic heterocycles. The molecule has 3 aliphatic rings. The summed E-state index contributed by atoms with van der Waals surface area (Å²) in [6.45, 7) is 5.89. The Hall–Kier alpha value is -0.810. The third-order valence-electron chi connectivity index (χ3n) is 4.96. The van der Waals surface area contributed by atoms with Gasteiger partial charge in [-0.15, -0.1) is 24.8 Å². The molecule has 0 spiro atoms. The van der Waals surface area contributed by atoms with Crippen molar-refractivity contribution in [3.8, 4) is 0 Å². The summed E-state index contributed by atoms with van der Waals surface area (Å²) >= 11 is 0. The molecular weight excluding hydrogens is 321 g/mol. The predicted octanol–water partition coefficient (Wildman–Crippen LogP) is 2.05. The first-order chi connectivity index (χ1) is 9.81. The van der Waals surface area contributed by atoms with E-state index < -0.39 is 0 Å². The molecular formula is C16H23Cl2N3O. The van der Waals surface area contributed by atoms with Crippen molar-refractivity contribution in [2.75, 3.05) is 26.2 Å². The van der Waals surface area contributed by atoms with Gasteiger partial charge in [-0.3, -0.25) is 9.69 Å². The molecule has 2 fully saturated rings. The Kier molecular flexibility index (Phi) is 5.72. The Morgan fingerprint density at radius 1 is 1.09 bits per heavy atom. The summed E-state index contributed by atoms with van der Waals surface area (Å²) in [4.78, 5) is 17.3. The predicted molar refractivity (Wildman–Crippen MR) is 92.0 cm³/mol. The van der Waals surface area contributed by atoms with E-state index in [2.05, 4.69) is 27.2 Å². The van der Waals surface area contributed by atoms with E-state index in [-0.39, 0.29) is 30.7 Å². The maximum absolute atomic E-state index is 12.7. The number of amides is 1. The Morgan fingerprint density at radius 3 is 2.77 bits per heavy atom. The number of nitrogens with one attached hydrogen (secondary N) is 1. The average molecular weight is 344 g/mol. The highest BCUT2D eigenvalue weighted by Gasteiger charge is 2.32. The molecule has 1 aromatic rings. The largest absolute Gasteiger partial charge is 0.336 e. The van der Waals surface area contributed by atoms with Crippen LogP contribution in [-0.2, 0) is 13.1 Å². The van der Waals surface area contributed by atoms with Crippen molar-refractivity contribution in [1.82, 2.24) is 15.1 Å². The quantitative estimate of drug-likeness (QED) is 0.847. The Labute approximate surface area is 144 Å². The number of nitrogens with zero attached hydrogens (tertiary/aromatic N) is 2. The smallest absolute Gasteiger partial charge is 0.253 e. The lowest BCUT2D eigenvalue weighted by Gasteiger charge is -2.37. The molecule has 1 amide bonds. The van der Waals surface area contributed by atoms with Gasteiger partial charge in [-0.1, -0.05) is 6.07 Å². The van der Waals surface area contributed by atoms with Crippen molar-refractivity contribution in [3.05, 3.63) is 34.9 Å². The van der Waals surface area contributed by atoms with Gasteiger partial charge in [0.15, 0.2) is 0 Å². The lowest BCUT2D eigenvalue weighted by molar-refractivity contribution is 0.0571. The van der Waals surface area contributed by atoms with Crippen LogP contribution in [-0.4, -0.2) is 47.9 Å². The van der Waals surface area contributed by atoms with Gasteiger partial charge in [0.25, 0.3) is 5.91 Å². The van der Waals surface area contributed by atoms with Crippen LogP contribution in [0.5, 0.6) is 0 Å². The maximum Gasteiger partial charge on any atom is 0.253 e. The molecule has 0 aromatic heterocycles. The fourth-order valence-corrected chi connectivity index (χ4v) is 3.79. The molecule has 0 radical (unpaired) electrons. The van der Waals surface area contributed by atoms with E-state index in [4.69, 9.17) is 0 Å². The Balaban J connectivity index is 0.000000882. The number of hydrogen-bond acceptors (Lipinski definition) is 3. The standard InChI is InChI=1S/C16H21N3O.2ClH/c20-16(12-3-4-13-9-17-10-14(13)8-12)19-7-6-18-5-1-2-15(18)11-19;;/h3-4,8,15,17H,1-2,5-7,9-11H2;2*1H. The van der Waals surface area contributed by atoms with Gasteiger partial charge in [0.2, 0.25) is 0 Å². The highest BCUT2D eigenvalue weighted by atomic mass is 35.5. The zero-order valence-corrected chi connectivity index (χ0v) is 14.2. The summed E-state index contributed by atoms with van der Waals surface area (Å²) in [6, 6.07) is 6.78. The molecule has 6 heteroatoms. The van der Waals surface area contributed by atoms with E-state index >= 15 is 0 Å². The minimum absolute atomic E-state index is 0. The zero-order chi connectivity index (χ0) is 13.5. The number of rotatable bonds is 1. The molecule has 0 aliphatic carbocycles.